The molecule has 2 aromatic rings. The summed E-state index contributed by atoms with van der Waals surface area (Å²) in [5.74, 6) is 0.602. The topological polar surface area (TPSA) is 91.2 Å². The number of likely N-dealkylation sites (N-methyl/N-ethyl adjacent to an activating group) is 1. The number of nitrogen functional groups attached to an aromatic ring is 1. The van der Waals surface area contributed by atoms with Gasteiger partial charge in [-0.1, -0.05) is 0 Å². The maximum absolute atomic E-state index is 11.5. The molecule has 1 aromatic carbocycles. The van der Waals surface area contributed by atoms with Crippen LogP contribution in [0.25, 0.3) is 11.0 Å². The second kappa shape index (κ2) is 5.01. The second-order valence-corrected chi connectivity index (χ2v) is 4.15. The number of rotatable bonds is 4. The summed E-state index contributed by atoms with van der Waals surface area (Å²) in [5, 5.41) is 14.9. The van der Waals surface area contributed by atoms with Gasteiger partial charge in [0.1, 0.15) is 17.9 Å². The van der Waals surface area contributed by atoms with Gasteiger partial charge in [-0.2, -0.15) is 0 Å². The Balaban J connectivity index is 2.21. The third kappa shape index (κ3) is 2.75. The molecule has 7 heteroatoms. The van der Waals surface area contributed by atoms with E-state index in [0.29, 0.717) is 28.2 Å². The molecule has 0 saturated heterocycles. The zero-order valence-electron chi connectivity index (χ0n) is 10.3. The normalized spacial score (nSPS) is 11.1. The largest absolute Gasteiger partial charge is 0.594 e. The number of hydrogen-bond donors (Lipinski definition) is 1. The lowest BCUT2D eigenvalue weighted by atomic mass is 10.3. The zero-order chi connectivity index (χ0) is 13.1. The molecule has 0 radical (unpaired) electrons. The summed E-state index contributed by atoms with van der Waals surface area (Å²) in [7, 11) is 3.94. The fraction of sp³-hybridized carbons (Fsp3) is 0.364. The van der Waals surface area contributed by atoms with Gasteiger partial charge in [-0.25, -0.2) is 4.98 Å². The van der Waals surface area contributed by atoms with Crippen LogP contribution in [-0.2, 0) is 0 Å². The number of anilines is 1. The van der Waals surface area contributed by atoms with Crippen molar-refractivity contribution in [3.8, 4) is 5.75 Å². The molecule has 0 spiro atoms. The second-order valence-electron chi connectivity index (χ2n) is 4.15. The predicted molar refractivity (Wildman–Crippen MR) is 67.0 cm³/mol. The highest BCUT2D eigenvalue weighted by atomic mass is 16.5. The molecule has 2 N–H and O–H groups in total. The standard InChI is InChI=1S/C11H15N5O2/c1-15(2)5-6-18-8-3-4-10-9(7-8)13-11(12)14-16(10)17/h3-4,7H,5-6H2,1-2H3,(H2,12,13,14). The highest BCUT2D eigenvalue weighted by Crippen LogP contribution is 2.16. The number of nitrogens with zero attached hydrogens (tertiary/aromatic N) is 4. The third-order valence-electron chi connectivity index (χ3n) is 2.39. The van der Waals surface area contributed by atoms with Crippen molar-refractivity contribution in [2.45, 2.75) is 0 Å². The summed E-state index contributed by atoms with van der Waals surface area (Å²) < 4.78 is 5.55. The van der Waals surface area contributed by atoms with Crippen molar-refractivity contribution in [3.05, 3.63) is 23.4 Å². The molecule has 0 aliphatic carbocycles. The molecular weight excluding hydrogens is 234 g/mol. The van der Waals surface area contributed by atoms with Gasteiger partial charge in [0.15, 0.2) is 0 Å². The third-order valence-corrected chi connectivity index (χ3v) is 2.39. The fourth-order valence-corrected chi connectivity index (χ4v) is 1.48. The summed E-state index contributed by atoms with van der Waals surface area (Å²) in [6.07, 6.45) is 0. The average molecular weight is 249 g/mol. The van der Waals surface area contributed by atoms with E-state index < -0.39 is 0 Å². The maximum Gasteiger partial charge on any atom is 0.288 e. The quantitative estimate of drug-likeness (QED) is 0.595. The highest BCUT2D eigenvalue weighted by Gasteiger charge is 2.09. The number of fused-ring (bicyclic) bond motifs is 1. The van der Waals surface area contributed by atoms with E-state index in [9.17, 15) is 5.21 Å². The van der Waals surface area contributed by atoms with E-state index in [2.05, 4.69) is 10.1 Å². The molecule has 1 heterocycles. The minimum atomic E-state index is -0.0528. The Kier molecular flexibility index (Phi) is 3.42. The summed E-state index contributed by atoms with van der Waals surface area (Å²) in [6.45, 7) is 1.38. The molecule has 1 aromatic heterocycles. The molecule has 0 aliphatic heterocycles. The molecule has 96 valence electrons. The van der Waals surface area contributed by atoms with Crippen molar-refractivity contribution in [1.29, 1.82) is 0 Å². The van der Waals surface area contributed by atoms with Crippen LogP contribution >= 0.6 is 0 Å². The predicted octanol–water partition coefficient (Wildman–Crippen LogP) is -0.214. The molecule has 0 atom stereocenters. The van der Waals surface area contributed by atoms with Gasteiger partial charge in [0, 0.05) is 18.7 Å². The lowest BCUT2D eigenvalue weighted by Gasteiger charge is -2.10. The zero-order valence-corrected chi connectivity index (χ0v) is 10.3. The van der Waals surface area contributed by atoms with Crippen LogP contribution in [-0.4, -0.2) is 42.2 Å². The van der Waals surface area contributed by atoms with Crippen LogP contribution in [0.5, 0.6) is 5.75 Å². The fourth-order valence-electron chi connectivity index (χ4n) is 1.48. The van der Waals surface area contributed by atoms with Gasteiger partial charge in [-0.05, 0) is 25.0 Å². The van der Waals surface area contributed by atoms with Crippen LogP contribution in [0.2, 0.25) is 0 Å². The van der Waals surface area contributed by atoms with Gasteiger partial charge in [0.05, 0.1) is 5.10 Å². The SMILES string of the molecule is CN(C)CCOc1ccc2c(c1)nc(N)n[n+]2[O-]. The van der Waals surface area contributed by atoms with Crippen molar-refractivity contribution in [3.63, 3.8) is 0 Å². The summed E-state index contributed by atoms with van der Waals surface area (Å²) >= 11 is 0. The van der Waals surface area contributed by atoms with Gasteiger partial charge < -0.3 is 20.6 Å². The van der Waals surface area contributed by atoms with Crippen molar-refractivity contribution < 1.29 is 9.58 Å². The first kappa shape index (κ1) is 12.3. The Morgan fingerprint density at radius 1 is 1.44 bits per heavy atom. The Labute approximate surface area is 104 Å². The first-order chi connectivity index (χ1) is 8.56. The number of hydrogen-bond acceptors (Lipinski definition) is 6. The highest BCUT2D eigenvalue weighted by molar-refractivity contribution is 5.73. The molecule has 7 nitrogen and oxygen atoms in total. The van der Waals surface area contributed by atoms with Crippen LogP contribution in [0.3, 0.4) is 0 Å². The molecule has 0 saturated carbocycles. The van der Waals surface area contributed by atoms with Crippen molar-refractivity contribution in [2.24, 2.45) is 0 Å². The van der Waals surface area contributed by atoms with E-state index in [-0.39, 0.29) is 5.95 Å². The van der Waals surface area contributed by atoms with E-state index in [1.54, 1.807) is 18.2 Å². The Hall–Kier alpha value is -2.15. The van der Waals surface area contributed by atoms with Gasteiger partial charge in [0.25, 0.3) is 11.5 Å². The number of ether oxygens (including phenoxy) is 1. The van der Waals surface area contributed by atoms with Crippen LogP contribution in [0, 0.1) is 5.21 Å². The van der Waals surface area contributed by atoms with Crippen molar-refractivity contribution >= 4 is 17.0 Å². The maximum atomic E-state index is 11.5. The molecule has 2 rings (SSSR count). The molecule has 0 aliphatic rings. The van der Waals surface area contributed by atoms with Crippen LogP contribution < -0.4 is 15.3 Å². The van der Waals surface area contributed by atoms with E-state index in [4.69, 9.17) is 10.5 Å². The number of nitrogens with two attached hydrogens (primary N) is 1. The molecule has 0 unspecified atom stereocenters. The Morgan fingerprint density at radius 3 is 2.94 bits per heavy atom. The van der Waals surface area contributed by atoms with E-state index in [0.717, 1.165) is 6.54 Å². The first-order valence-electron chi connectivity index (χ1n) is 5.51. The molecule has 0 bridgehead atoms. The molecule has 0 fully saturated rings. The molecule has 0 amide bonds. The lowest BCUT2D eigenvalue weighted by molar-refractivity contribution is -0.641. The van der Waals surface area contributed by atoms with Gasteiger partial charge >= 0.3 is 0 Å². The van der Waals surface area contributed by atoms with Gasteiger partial charge in [0.2, 0.25) is 0 Å². The Morgan fingerprint density at radius 2 is 2.22 bits per heavy atom. The van der Waals surface area contributed by atoms with Gasteiger partial charge in [-0.15, -0.1) is 0 Å². The van der Waals surface area contributed by atoms with Crippen LogP contribution in [0.4, 0.5) is 5.95 Å². The number of benzene rings is 1. The molecule has 18 heavy (non-hydrogen) atoms. The lowest BCUT2D eigenvalue weighted by Crippen LogP contribution is -2.33. The van der Waals surface area contributed by atoms with Gasteiger partial charge in [-0.3, -0.25) is 0 Å². The van der Waals surface area contributed by atoms with E-state index in [1.165, 1.54) is 0 Å². The van der Waals surface area contributed by atoms with Crippen LogP contribution in [0.15, 0.2) is 18.2 Å². The van der Waals surface area contributed by atoms with Crippen LogP contribution in [0.1, 0.15) is 0 Å². The minimum absolute atomic E-state index is 0.0528. The molecular formula is C11H15N5O2. The minimum Gasteiger partial charge on any atom is -0.594 e. The van der Waals surface area contributed by atoms with E-state index >= 15 is 0 Å². The number of aromatic nitrogens is 3. The average Bonchev–Trinajstić information content (AvgIpc) is 2.27. The summed E-state index contributed by atoms with van der Waals surface area (Å²) in [6, 6.07) is 5.01. The van der Waals surface area contributed by atoms with Crippen molar-refractivity contribution in [1.82, 2.24) is 15.0 Å². The summed E-state index contributed by atoms with van der Waals surface area (Å²) in [5.41, 5.74) is 6.26. The van der Waals surface area contributed by atoms with Crippen molar-refractivity contribution in [2.75, 3.05) is 33.0 Å². The van der Waals surface area contributed by atoms with E-state index in [1.807, 2.05) is 19.0 Å². The summed E-state index contributed by atoms with van der Waals surface area (Å²) in [4.78, 5) is 6.48. The smallest absolute Gasteiger partial charge is 0.288 e. The Bertz CT molecular complexity index is 558. The monoisotopic (exact) mass is 249 g/mol. The first-order valence-corrected chi connectivity index (χ1v) is 5.51.